The zero-order valence-electron chi connectivity index (χ0n) is 6.24. The van der Waals surface area contributed by atoms with Crippen LogP contribution < -0.4 is 0 Å². The molecular weight excluding hydrogens is 140 g/mol. The zero-order chi connectivity index (χ0) is 8.27. The van der Waals surface area contributed by atoms with Gasteiger partial charge in [0.2, 0.25) is 0 Å². The quantitative estimate of drug-likeness (QED) is 0.626. The monoisotopic (exact) mass is 148 g/mol. The van der Waals surface area contributed by atoms with Crippen molar-refractivity contribution in [2.45, 2.75) is 13.5 Å². The molecule has 0 radical (unpaired) electrons. The van der Waals surface area contributed by atoms with Crippen LogP contribution >= 0.6 is 0 Å². The molecule has 0 fully saturated rings. The van der Waals surface area contributed by atoms with E-state index in [9.17, 15) is 4.79 Å². The van der Waals surface area contributed by atoms with Crippen molar-refractivity contribution in [1.29, 1.82) is 5.26 Å². The maximum atomic E-state index is 10.6. The lowest BCUT2D eigenvalue weighted by molar-refractivity contribution is -0.117. The lowest BCUT2D eigenvalue weighted by atomic mass is 10.4. The minimum atomic E-state index is 0.0534. The van der Waals surface area contributed by atoms with Crippen LogP contribution in [0.4, 0.5) is 0 Å². The molecule has 0 aliphatic rings. The van der Waals surface area contributed by atoms with Crippen molar-refractivity contribution in [3.8, 4) is 6.07 Å². The van der Waals surface area contributed by atoms with E-state index in [1.807, 2.05) is 6.07 Å². The third kappa shape index (κ3) is 1.68. The van der Waals surface area contributed by atoms with Crippen molar-refractivity contribution < 1.29 is 4.79 Å². The van der Waals surface area contributed by atoms with Gasteiger partial charge < -0.3 is 4.57 Å². The first-order chi connectivity index (χ1) is 5.24. The van der Waals surface area contributed by atoms with E-state index in [0.717, 1.165) is 0 Å². The highest BCUT2D eigenvalue weighted by molar-refractivity contribution is 5.75. The Hall–Kier alpha value is -1.56. The van der Waals surface area contributed by atoms with E-state index < -0.39 is 0 Å². The predicted molar refractivity (Wildman–Crippen MR) is 39.8 cm³/mol. The van der Waals surface area contributed by atoms with Crippen LogP contribution in [0.5, 0.6) is 0 Å². The van der Waals surface area contributed by atoms with E-state index in [-0.39, 0.29) is 12.3 Å². The topological polar surface area (TPSA) is 45.8 Å². The van der Waals surface area contributed by atoms with E-state index in [4.69, 9.17) is 5.26 Å². The number of aromatic nitrogens is 1. The molecule has 0 amide bonds. The van der Waals surface area contributed by atoms with Gasteiger partial charge >= 0.3 is 0 Å². The van der Waals surface area contributed by atoms with Crippen molar-refractivity contribution in [2.24, 2.45) is 0 Å². The molecule has 1 aromatic heterocycles. The third-order valence-electron chi connectivity index (χ3n) is 1.34. The second-order valence-electron chi connectivity index (χ2n) is 2.34. The van der Waals surface area contributed by atoms with Gasteiger partial charge in [-0.25, -0.2) is 0 Å². The Labute approximate surface area is 64.9 Å². The molecule has 0 atom stereocenters. The first kappa shape index (κ1) is 7.55. The molecule has 0 bridgehead atoms. The molecule has 3 heteroatoms. The first-order valence-corrected chi connectivity index (χ1v) is 3.28. The van der Waals surface area contributed by atoms with Gasteiger partial charge in [0.1, 0.15) is 17.5 Å². The summed E-state index contributed by atoms with van der Waals surface area (Å²) in [6.07, 6.45) is 1.72. The highest BCUT2D eigenvalue weighted by Gasteiger charge is 2.00. The Morgan fingerprint density at radius 1 is 1.82 bits per heavy atom. The number of rotatable bonds is 2. The van der Waals surface area contributed by atoms with Crippen LogP contribution in [0.2, 0.25) is 0 Å². The molecule has 1 aromatic rings. The van der Waals surface area contributed by atoms with Gasteiger partial charge in [0.05, 0.1) is 6.54 Å². The Balaban J connectivity index is 2.87. The minimum absolute atomic E-state index is 0.0534. The van der Waals surface area contributed by atoms with Gasteiger partial charge in [-0.1, -0.05) is 0 Å². The van der Waals surface area contributed by atoms with Crippen LogP contribution in [-0.4, -0.2) is 10.4 Å². The molecule has 0 aliphatic heterocycles. The molecule has 0 aromatic carbocycles. The molecule has 0 N–H and O–H groups in total. The van der Waals surface area contributed by atoms with Gasteiger partial charge in [-0.15, -0.1) is 0 Å². The molecule has 0 saturated heterocycles. The summed E-state index contributed by atoms with van der Waals surface area (Å²) in [4.78, 5) is 10.6. The summed E-state index contributed by atoms with van der Waals surface area (Å²) in [5.74, 6) is 0.0534. The minimum Gasteiger partial charge on any atom is -0.332 e. The molecule has 11 heavy (non-hydrogen) atoms. The molecule has 0 aliphatic carbocycles. The summed E-state index contributed by atoms with van der Waals surface area (Å²) in [6.45, 7) is 1.79. The summed E-state index contributed by atoms with van der Waals surface area (Å²) in [5.41, 5.74) is 0.528. The van der Waals surface area contributed by atoms with Crippen LogP contribution in [0.25, 0.3) is 0 Å². The van der Waals surface area contributed by atoms with E-state index in [2.05, 4.69) is 0 Å². The van der Waals surface area contributed by atoms with Gasteiger partial charge in [-0.3, -0.25) is 4.79 Å². The van der Waals surface area contributed by atoms with Crippen LogP contribution in [0.1, 0.15) is 12.6 Å². The van der Waals surface area contributed by atoms with Crippen molar-refractivity contribution in [3.05, 3.63) is 24.0 Å². The fourth-order valence-electron chi connectivity index (χ4n) is 0.893. The number of ketones is 1. The highest BCUT2D eigenvalue weighted by Crippen LogP contribution is 1.99. The average Bonchev–Trinajstić information content (AvgIpc) is 2.34. The standard InChI is InChI=1S/C8H8N2O/c1-7(11)6-10-4-2-3-8(10)5-9/h2-4H,6H2,1H3. The number of Topliss-reactive ketones (excluding diaryl/α,β-unsaturated/α-hetero) is 1. The molecule has 0 saturated carbocycles. The van der Waals surface area contributed by atoms with Gasteiger partial charge in [0, 0.05) is 6.20 Å². The second kappa shape index (κ2) is 3.02. The van der Waals surface area contributed by atoms with Crippen LogP contribution in [0, 0.1) is 11.3 Å². The fourth-order valence-corrected chi connectivity index (χ4v) is 0.893. The maximum Gasteiger partial charge on any atom is 0.149 e. The first-order valence-electron chi connectivity index (χ1n) is 3.28. The molecule has 1 heterocycles. The van der Waals surface area contributed by atoms with E-state index in [0.29, 0.717) is 5.69 Å². The molecule has 1 rings (SSSR count). The number of hydrogen-bond donors (Lipinski definition) is 0. The van der Waals surface area contributed by atoms with E-state index in [1.54, 1.807) is 22.9 Å². The molecule has 0 spiro atoms. The average molecular weight is 148 g/mol. The summed E-state index contributed by atoms with van der Waals surface area (Å²) < 4.78 is 1.63. The lowest BCUT2D eigenvalue weighted by Gasteiger charge is -1.98. The van der Waals surface area contributed by atoms with Gasteiger partial charge in [0.25, 0.3) is 0 Å². The van der Waals surface area contributed by atoms with Crippen LogP contribution in [0.3, 0.4) is 0 Å². The van der Waals surface area contributed by atoms with Crippen molar-refractivity contribution in [1.82, 2.24) is 4.57 Å². The molecule has 56 valence electrons. The number of hydrogen-bond acceptors (Lipinski definition) is 2. The van der Waals surface area contributed by atoms with Crippen molar-refractivity contribution in [2.75, 3.05) is 0 Å². The predicted octanol–water partition coefficient (Wildman–Crippen LogP) is 0.949. The molecular formula is C8H8N2O. The Morgan fingerprint density at radius 2 is 2.55 bits per heavy atom. The zero-order valence-corrected chi connectivity index (χ0v) is 6.24. The fraction of sp³-hybridized carbons (Fsp3) is 0.250. The van der Waals surface area contributed by atoms with E-state index in [1.165, 1.54) is 6.92 Å². The highest BCUT2D eigenvalue weighted by atomic mass is 16.1. The smallest absolute Gasteiger partial charge is 0.149 e. The van der Waals surface area contributed by atoms with Gasteiger partial charge in [-0.05, 0) is 19.1 Å². The second-order valence-corrected chi connectivity index (χ2v) is 2.34. The summed E-state index contributed by atoms with van der Waals surface area (Å²) in [5, 5.41) is 8.54. The van der Waals surface area contributed by atoms with Gasteiger partial charge in [-0.2, -0.15) is 5.26 Å². The van der Waals surface area contributed by atoms with Crippen molar-refractivity contribution >= 4 is 5.78 Å². The number of carbonyl (C=O) groups is 1. The molecule has 3 nitrogen and oxygen atoms in total. The SMILES string of the molecule is CC(=O)Cn1cccc1C#N. The number of nitriles is 1. The third-order valence-corrected chi connectivity index (χ3v) is 1.34. The Bertz CT molecular complexity index is 306. The largest absolute Gasteiger partial charge is 0.332 e. The van der Waals surface area contributed by atoms with Crippen LogP contribution in [-0.2, 0) is 11.3 Å². The maximum absolute atomic E-state index is 10.6. The van der Waals surface area contributed by atoms with E-state index >= 15 is 0 Å². The summed E-state index contributed by atoms with van der Waals surface area (Å²) in [6, 6.07) is 5.43. The van der Waals surface area contributed by atoms with Gasteiger partial charge in [0.15, 0.2) is 0 Å². The number of nitrogens with zero attached hydrogens (tertiary/aromatic N) is 2. The Kier molecular flexibility index (Phi) is 2.07. The Morgan fingerprint density at radius 3 is 3.09 bits per heavy atom. The lowest BCUT2D eigenvalue weighted by Crippen LogP contribution is -2.06. The normalized spacial score (nSPS) is 9.09. The van der Waals surface area contributed by atoms with Crippen LogP contribution in [0.15, 0.2) is 18.3 Å². The summed E-state index contributed by atoms with van der Waals surface area (Å²) >= 11 is 0. The molecule has 0 unspecified atom stereocenters. The number of carbonyl (C=O) groups excluding carboxylic acids is 1. The summed E-state index contributed by atoms with van der Waals surface area (Å²) in [7, 11) is 0. The van der Waals surface area contributed by atoms with Crippen molar-refractivity contribution in [3.63, 3.8) is 0 Å².